The first-order chi connectivity index (χ1) is 4.54. The van der Waals surface area contributed by atoms with Crippen molar-refractivity contribution in [2.45, 2.75) is 20.3 Å². The highest BCUT2D eigenvalue weighted by Crippen LogP contribution is 1.80. The van der Waals surface area contributed by atoms with Crippen LogP contribution in [0, 0.1) is 0 Å². The molecule has 0 aliphatic heterocycles. The van der Waals surface area contributed by atoms with E-state index in [1.807, 2.05) is 0 Å². The van der Waals surface area contributed by atoms with Gasteiger partial charge in [-0.05, 0) is 13.8 Å². The fourth-order valence-corrected chi connectivity index (χ4v) is 0.351. The summed E-state index contributed by atoms with van der Waals surface area (Å²) in [7, 11) is 0. The molecular formula is C7H12O3. The lowest BCUT2D eigenvalue weighted by molar-refractivity contribution is -0.124. The van der Waals surface area contributed by atoms with E-state index >= 15 is 0 Å². The zero-order valence-electron chi connectivity index (χ0n) is 6.26. The monoisotopic (exact) mass is 144 g/mol. The Labute approximate surface area is 60.4 Å². The Morgan fingerprint density at radius 1 is 1.40 bits per heavy atom. The average Bonchev–Trinajstić information content (AvgIpc) is 1.62. The third-order valence-corrected chi connectivity index (χ3v) is 0.498. The second-order valence-electron chi connectivity index (χ2n) is 1.76. The Morgan fingerprint density at radius 3 is 1.60 bits per heavy atom. The van der Waals surface area contributed by atoms with Gasteiger partial charge in [-0.3, -0.25) is 9.59 Å². The van der Waals surface area contributed by atoms with Crippen molar-refractivity contribution in [2.75, 3.05) is 0 Å². The van der Waals surface area contributed by atoms with E-state index in [9.17, 15) is 9.59 Å². The van der Waals surface area contributed by atoms with Crippen molar-refractivity contribution >= 4 is 11.6 Å². The number of rotatable bonds is 2. The fourth-order valence-electron chi connectivity index (χ4n) is 0.351. The third-order valence-electron chi connectivity index (χ3n) is 0.498. The molecule has 0 unspecified atom stereocenters. The van der Waals surface area contributed by atoms with Gasteiger partial charge in [0.1, 0.15) is 11.6 Å². The lowest BCUT2D eigenvalue weighted by atomic mass is 10.2. The molecule has 3 nitrogen and oxygen atoms in total. The van der Waals surface area contributed by atoms with Crippen molar-refractivity contribution in [3.05, 3.63) is 12.8 Å². The summed E-state index contributed by atoms with van der Waals surface area (Å²) in [4.78, 5) is 20.1. The van der Waals surface area contributed by atoms with Crippen LogP contribution in [0.15, 0.2) is 12.8 Å². The molecule has 58 valence electrons. The van der Waals surface area contributed by atoms with Crippen molar-refractivity contribution in [3.8, 4) is 0 Å². The Kier molecular flexibility index (Phi) is 9.18. The zero-order valence-corrected chi connectivity index (χ0v) is 6.26. The molecule has 0 amide bonds. The van der Waals surface area contributed by atoms with Crippen LogP contribution in [0.1, 0.15) is 20.3 Å². The largest absolute Gasteiger partial charge is 0.516 e. The van der Waals surface area contributed by atoms with E-state index in [-0.39, 0.29) is 18.0 Å². The van der Waals surface area contributed by atoms with Gasteiger partial charge in [0.05, 0.1) is 12.7 Å². The Bertz CT molecular complexity index is 115. The highest BCUT2D eigenvalue weighted by molar-refractivity contribution is 5.96. The topological polar surface area (TPSA) is 54.4 Å². The maximum Gasteiger partial charge on any atom is 0.137 e. The summed E-state index contributed by atoms with van der Waals surface area (Å²) in [5.74, 6) is -0.125. The summed E-state index contributed by atoms with van der Waals surface area (Å²) in [6, 6.07) is 0. The smallest absolute Gasteiger partial charge is 0.137 e. The average molecular weight is 144 g/mol. The summed E-state index contributed by atoms with van der Waals surface area (Å²) in [6.07, 6.45) is 0.833. The molecule has 0 aliphatic carbocycles. The van der Waals surface area contributed by atoms with E-state index < -0.39 is 0 Å². The Balaban J connectivity index is 0. The third kappa shape index (κ3) is 28.7. The van der Waals surface area contributed by atoms with Gasteiger partial charge >= 0.3 is 0 Å². The molecular weight excluding hydrogens is 132 g/mol. The second kappa shape index (κ2) is 7.88. The van der Waals surface area contributed by atoms with E-state index in [4.69, 9.17) is 5.11 Å². The predicted molar refractivity (Wildman–Crippen MR) is 38.8 cm³/mol. The Hall–Kier alpha value is -1.12. The van der Waals surface area contributed by atoms with Crippen LogP contribution >= 0.6 is 0 Å². The molecule has 0 aromatic heterocycles. The zero-order chi connectivity index (χ0) is 8.57. The maximum atomic E-state index is 10.0. The summed E-state index contributed by atoms with van der Waals surface area (Å²) < 4.78 is 0. The van der Waals surface area contributed by atoms with Gasteiger partial charge in [-0.15, -0.1) is 0 Å². The van der Waals surface area contributed by atoms with E-state index in [2.05, 4.69) is 6.58 Å². The minimum Gasteiger partial charge on any atom is -0.516 e. The number of aliphatic hydroxyl groups is 1. The van der Waals surface area contributed by atoms with Crippen LogP contribution in [-0.2, 0) is 9.59 Å². The molecule has 3 heteroatoms. The van der Waals surface area contributed by atoms with Gasteiger partial charge in [-0.1, -0.05) is 6.58 Å². The molecule has 0 spiro atoms. The molecule has 0 heterocycles. The molecule has 0 rings (SSSR count). The molecule has 1 N–H and O–H groups in total. The van der Waals surface area contributed by atoms with Crippen LogP contribution in [0.25, 0.3) is 0 Å². The molecule has 0 aliphatic rings. The number of hydrogen-bond acceptors (Lipinski definition) is 3. The van der Waals surface area contributed by atoms with Gasteiger partial charge in [0.15, 0.2) is 0 Å². The molecule has 10 heavy (non-hydrogen) atoms. The number of carbonyl (C=O) groups excluding carboxylic acids is 2. The van der Waals surface area contributed by atoms with E-state index in [1.54, 1.807) is 0 Å². The van der Waals surface area contributed by atoms with Crippen molar-refractivity contribution in [2.24, 2.45) is 0 Å². The summed E-state index contributed by atoms with van der Waals surface area (Å²) in [5.41, 5.74) is 0. The van der Waals surface area contributed by atoms with Crippen LogP contribution < -0.4 is 0 Å². The SMILES string of the molecule is C=CO.CC(=O)CC(C)=O. The van der Waals surface area contributed by atoms with Crippen LogP contribution in [-0.4, -0.2) is 16.7 Å². The van der Waals surface area contributed by atoms with Crippen molar-refractivity contribution in [1.82, 2.24) is 0 Å². The van der Waals surface area contributed by atoms with Crippen molar-refractivity contribution in [1.29, 1.82) is 0 Å². The minimum absolute atomic E-state index is 0.0625. The van der Waals surface area contributed by atoms with Crippen LogP contribution in [0.2, 0.25) is 0 Å². The quantitative estimate of drug-likeness (QED) is 0.468. The van der Waals surface area contributed by atoms with E-state index in [0.717, 1.165) is 6.26 Å². The highest BCUT2D eigenvalue weighted by Gasteiger charge is 1.94. The number of carbonyl (C=O) groups is 2. The van der Waals surface area contributed by atoms with Crippen LogP contribution in [0.5, 0.6) is 0 Å². The summed E-state index contributed by atoms with van der Waals surface area (Å²) in [6.45, 7) is 5.72. The lowest BCUT2D eigenvalue weighted by Gasteiger charge is -1.81. The molecule has 0 radical (unpaired) electrons. The first-order valence-corrected chi connectivity index (χ1v) is 2.78. The fraction of sp³-hybridized carbons (Fsp3) is 0.429. The van der Waals surface area contributed by atoms with Gasteiger partial charge in [0.2, 0.25) is 0 Å². The normalized spacial score (nSPS) is 7.00. The second-order valence-corrected chi connectivity index (χ2v) is 1.76. The molecule has 0 atom stereocenters. The molecule has 0 aromatic carbocycles. The van der Waals surface area contributed by atoms with Gasteiger partial charge in [-0.2, -0.15) is 0 Å². The van der Waals surface area contributed by atoms with Crippen LogP contribution in [0.4, 0.5) is 0 Å². The first kappa shape index (κ1) is 11.6. The molecule has 0 saturated carbocycles. The van der Waals surface area contributed by atoms with Gasteiger partial charge in [-0.25, -0.2) is 0 Å². The Morgan fingerprint density at radius 2 is 1.60 bits per heavy atom. The predicted octanol–water partition coefficient (Wildman–Crippen LogP) is 1.24. The minimum atomic E-state index is -0.0625. The highest BCUT2D eigenvalue weighted by atomic mass is 16.2. The van der Waals surface area contributed by atoms with Crippen molar-refractivity contribution in [3.63, 3.8) is 0 Å². The van der Waals surface area contributed by atoms with E-state index in [1.165, 1.54) is 13.8 Å². The van der Waals surface area contributed by atoms with Gasteiger partial charge in [0, 0.05) is 0 Å². The standard InChI is InChI=1S/C5H8O2.C2H4O/c1-4(6)3-5(2)7;1-2-3/h3H2,1-2H3;2-3H,1H2. The molecule has 0 aromatic rings. The van der Waals surface area contributed by atoms with Gasteiger partial charge < -0.3 is 5.11 Å². The first-order valence-electron chi connectivity index (χ1n) is 2.78. The van der Waals surface area contributed by atoms with Crippen molar-refractivity contribution < 1.29 is 14.7 Å². The number of aliphatic hydroxyl groups excluding tert-OH is 1. The number of hydrogen-bond donors (Lipinski definition) is 1. The maximum absolute atomic E-state index is 10.0. The lowest BCUT2D eigenvalue weighted by Crippen LogP contribution is -1.97. The molecule has 0 fully saturated rings. The van der Waals surface area contributed by atoms with E-state index in [0.29, 0.717) is 0 Å². The summed E-state index contributed by atoms with van der Waals surface area (Å²) >= 11 is 0. The van der Waals surface area contributed by atoms with Gasteiger partial charge in [0.25, 0.3) is 0 Å². The molecule has 0 saturated heterocycles. The number of Topliss-reactive ketones (excluding diaryl/α,β-unsaturated/α-hetero) is 2. The van der Waals surface area contributed by atoms with Crippen LogP contribution in [0.3, 0.4) is 0 Å². The summed E-state index contributed by atoms with van der Waals surface area (Å²) in [5, 5.41) is 7.33. The molecule has 0 bridgehead atoms. The number of ketones is 2.